The first-order chi connectivity index (χ1) is 15.0. The van der Waals surface area contributed by atoms with E-state index in [4.69, 9.17) is 16.3 Å². The Hall–Kier alpha value is -2.67. The van der Waals surface area contributed by atoms with Gasteiger partial charge in [-0.05, 0) is 55.8 Å². The summed E-state index contributed by atoms with van der Waals surface area (Å²) in [7, 11) is 0. The average molecular weight is 439 g/mol. The number of nitrogens with one attached hydrogen (secondary N) is 1. The number of halogens is 1. The number of hydrogen-bond acceptors (Lipinski definition) is 4. The molecule has 1 aliphatic rings. The zero-order valence-electron chi connectivity index (χ0n) is 17.8. The van der Waals surface area contributed by atoms with E-state index in [0.29, 0.717) is 17.1 Å². The SMILES string of the molecule is CC1CN(Cc2ccc(C(=O)NCc3cnn(-c4ccc(Cl)cc4)c3)cc2)CC(C)O1. The molecule has 0 bridgehead atoms. The van der Waals surface area contributed by atoms with Crippen molar-refractivity contribution in [3.63, 3.8) is 0 Å². The van der Waals surface area contributed by atoms with Crippen LogP contribution in [0.1, 0.15) is 35.3 Å². The molecular weight excluding hydrogens is 412 g/mol. The molecule has 31 heavy (non-hydrogen) atoms. The van der Waals surface area contributed by atoms with Crippen LogP contribution in [0.15, 0.2) is 60.9 Å². The largest absolute Gasteiger partial charge is 0.373 e. The molecule has 6 nitrogen and oxygen atoms in total. The number of hydrogen-bond donors (Lipinski definition) is 1. The second kappa shape index (κ2) is 9.64. The second-order valence-electron chi connectivity index (χ2n) is 8.10. The highest BCUT2D eigenvalue weighted by molar-refractivity contribution is 6.30. The molecule has 0 aliphatic carbocycles. The van der Waals surface area contributed by atoms with Gasteiger partial charge in [0.15, 0.2) is 0 Å². The summed E-state index contributed by atoms with van der Waals surface area (Å²) in [6.07, 6.45) is 4.15. The van der Waals surface area contributed by atoms with Gasteiger partial charge in [0.25, 0.3) is 5.91 Å². The van der Waals surface area contributed by atoms with Gasteiger partial charge < -0.3 is 10.1 Å². The maximum absolute atomic E-state index is 12.5. The van der Waals surface area contributed by atoms with Gasteiger partial charge in [0.05, 0.1) is 24.1 Å². The minimum Gasteiger partial charge on any atom is -0.373 e. The summed E-state index contributed by atoms with van der Waals surface area (Å²) in [4.78, 5) is 14.9. The zero-order chi connectivity index (χ0) is 21.8. The van der Waals surface area contributed by atoms with Crippen LogP contribution < -0.4 is 5.32 Å². The van der Waals surface area contributed by atoms with Crippen LogP contribution in [0.5, 0.6) is 0 Å². The summed E-state index contributed by atoms with van der Waals surface area (Å²) in [5, 5.41) is 8.00. The molecule has 3 aromatic rings. The zero-order valence-corrected chi connectivity index (χ0v) is 18.5. The number of carbonyl (C=O) groups excluding carboxylic acids is 1. The first kappa shape index (κ1) is 21.6. The summed E-state index contributed by atoms with van der Waals surface area (Å²) in [6.45, 7) is 7.35. The van der Waals surface area contributed by atoms with E-state index in [1.165, 1.54) is 5.56 Å². The van der Waals surface area contributed by atoms with Gasteiger partial charge in [0.1, 0.15) is 0 Å². The van der Waals surface area contributed by atoms with E-state index in [9.17, 15) is 4.79 Å². The number of amides is 1. The molecule has 1 saturated heterocycles. The average Bonchev–Trinajstić information content (AvgIpc) is 3.21. The van der Waals surface area contributed by atoms with Gasteiger partial charge >= 0.3 is 0 Å². The van der Waals surface area contributed by atoms with E-state index < -0.39 is 0 Å². The minimum absolute atomic E-state index is 0.0978. The predicted octanol–water partition coefficient (Wildman–Crippen LogP) is 4.06. The smallest absolute Gasteiger partial charge is 0.251 e. The molecular formula is C24H27ClN4O2. The summed E-state index contributed by atoms with van der Waals surface area (Å²) >= 11 is 5.93. The van der Waals surface area contributed by atoms with Crippen molar-refractivity contribution in [3.05, 3.63) is 82.6 Å². The number of carbonyl (C=O) groups is 1. The third kappa shape index (κ3) is 5.73. The molecule has 2 unspecified atom stereocenters. The number of ether oxygens (including phenoxy) is 1. The third-order valence-electron chi connectivity index (χ3n) is 5.30. The highest BCUT2D eigenvalue weighted by Gasteiger charge is 2.22. The van der Waals surface area contributed by atoms with E-state index in [1.54, 1.807) is 10.9 Å². The van der Waals surface area contributed by atoms with Gasteiger partial charge in [-0.2, -0.15) is 5.10 Å². The van der Waals surface area contributed by atoms with Crippen LogP contribution in [0.3, 0.4) is 0 Å². The first-order valence-corrected chi connectivity index (χ1v) is 10.9. The van der Waals surface area contributed by atoms with Crippen LogP contribution in [0.25, 0.3) is 5.69 Å². The molecule has 0 saturated carbocycles. The molecule has 4 rings (SSSR count). The summed E-state index contributed by atoms with van der Waals surface area (Å²) in [5.74, 6) is -0.0978. The lowest BCUT2D eigenvalue weighted by Crippen LogP contribution is -2.44. The fourth-order valence-electron chi connectivity index (χ4n) is 3.90. The summed E-state index contributed by atoms with van der Waals surface area (Å²) in [5.41, 5.74) is 3.69. The number of nitrogens with zero attached hydrogens (tertiary/aromatic N) is 3. The monoisotopic (exact) mass is 438 g/mol. The van der Waals surface area contributed by atoms with Crippen LogP contribution in [-0.4, -0.2) is 45.9 Å². The van der Waals surface area contributed by atoms with Crippen molar-refractivity contribution in [2.45, 2.75) is 39.1 Å². The Balaban J connectivity index is 1.30. The van der Waals surface area contributed by atoms with Crippen molar-refractivity contribution in [1.82, 2.24) is 20.0 Å². The maximum Gasteiger partial charge on any atom is 0.251 e. The summed E-state index contributed by atoms with van der Waals surface area (Å²) in [6, 6.07) is 15.3. The first-order valence-electron chi connectivity index (χ1n) is 10.5. The molecule has 0 spiro atoms. The van der Waals surface area contributed by atoms with Crippen LogP contribution in [0.2, 0.25) is 5.02 Å². The molecule has 1 aliphatic heterocycles. The predicted molar refractivity (Wildman–Crippen MR) is 121 cm³/mol. The Bertz CT molecular complexity index is 1010. The number of rotatable bonds is 6. The number of benzene rings is 2. The van der Waals surface area contributed by atoms with Gasteiger partial charge in [-0.15, -0.1) is 0 Å². The van der Waals surface area contributed by atoms with E-state index in [2.05, 4.69) is 29.2 Å². The van der Waals surface area contributed by atoms with Crippen molar-refractivity contribution in [2.24, 2.45) is 0 Å². The third-order valence-corrected chi connectivity index (χ3v) is 5.55. The Kier molecular flexibility index (Phi) is 6.70. The van der Waals surface area contributed by atoms with Crippen LogP contribution in [0, 0.1) is 0 Å². The van der Waals surface area contributed by atoms with Gasteiger partial charge in [-0.1, -0.05) is 23.7 Å². The fraction of sp³-hybridized carbons (Fsp3) is 0.333. The number of aromatic nitrogens is 2. The molecule has 0 radical (unpaired) electrons. The Morgan fingerprint density at radius 3 is 2.42 bits per heavy atom. The van der Waals surface area contributed by atoms with Crippen LogP contribution >= 0.6 is 11.6 Å². The van der Waals surface area contributed by atoms with E-state index in [-0.39, 0.29) is 18.1 Å². The Labute approximate surface area is 187 Å². The van der Waals surface area contributed by atoms with Crippen molar-refractivity contribution in [3.8, 4) is 5.69 Å². The van der Waals surface area contributed by atoms with Gasteiger partial charge in [0.2, 0.25) is 0 Å². The Morgan fingerprint density at radius 1 is 1.06 bits per heavy atom. The second-order valence-corrected chi connectivity index (χ2v) is 8.54. The summed E-state index contributed by atoms with van der Waals surface area (Å²) < 4.78 is 7.56. The van der Waals surface area contributed by atoms with Crippen LogP contribution in [-0.2, 0) is 17.8 Å². The lowest BCUT2D eigenvalue weighted by atomic mass is 10.1. The van der Waals surface area contributed by atoms with Gasteiger partial charge in [0, 0.05) is 48.5 Å². The minimum atomic E-state index is -0.0978. The fourth-order valence-corrected chi connectivity index (χ4v) is 4.03. The molecule has 162 valence electrons. The standard InChI is InChI=1S/C24H27ClN4O2/c1-17-13-28(14-18(2)31-17)15-19-3-5-21(6-4-19)24(30)26-11-20-12-27-29(16-20)23-9-7-22(25)8-10-23/h3-10,12,16-18H,11,13-15H2,1-2H3,(H,26,30). The number of morpholine rings is 1. The normalized spacial score (nSPS) is 19.3. The molecule has 1 aromatic heterocycles. The van der Waals surface area contributed by atoms with E-state index >= 15 is 0 Å². The quantitative estimate of drug-likeness (QED) is 0.630. The molecule has 1 fully saturated rings. The molecule has 7 heteroatoms. The molecule has 2 atom stereocenters. The molecule has 1 amide bonds. The molecule has 2 aromatic carbocycles. The van der Waals surface area contributed by atoms with Gasteiger partial charge in [-0.3, -0.25) is 9.69 Å². The van der Waals surface area contributed by atoms with E-state index in [1.807, 2.05) is 54.7 Å². The highest BCUT2D eigenvalue weighted by Crippen LogP contribution is 2.16. The molecule has 1 N–H and O–H groups in total. The lowest BCUT2D eigenvalue weighted by Gasteiger charge is -2.35. The molecule has 2 heterocycles. The topological polar surface area (TPSA) is 59.4 Å². The lowest BCUT2D eigenvalue weighted by molar-refractivity contribution is -0.0704. The van der Waals surface area contributed by atoms with Crippen LogP contribution in [0.4, 0.5) is 0 Å². The van der Waals surface area contributed by atoms with Crippen molar-refractivity contribution >= 4 is 17.5 Å². The highest BCUT2D eigenvalue weighted by atomic mass is 35.5. The van der Waals surface area contributed by atoms with Gasteiger partial charge in [-0.25, -0.2) is 4.68 Å². The van der Waals surface area contributed by atoms with E-state index in [0.717, 1.165) is 30.9 Å². The van der Waals surface area contributed by atoms with Crippen molar-refractivity contribution in [2.75, 3.05) is 13.1 Å². The van der Waals surface area contributed by atoms with Crippen molar-refractivity contribution in [1.29, 1.82) is 0 Å². The Morgan fingerprint density at radius 2 is 1.74 bits per heavy atom. The van der Waals surface area contributed by atoms with Crippen molar-refractivity contribution < 1.29 is 9.53 Å². The maximum atomic E-state index is 12.5.